The molecule has 0 atom stereocenters. The van der Waals surface area contributed by atoms with Crippen LogP contribution in [0.15, 0.2) is 40.2 Å². The highest BCUT2D eigenvalue weighted by Crippen LogP contribution is 2.20. The molecular formula is C15H14ClN5O3. The van der Waals surface area contributed by atoms with E-state index in [-0.39, 0.29) is 23.6 Å². The largest absolute Gasteiger partial charge is 0.332 e. The topological polar surface area (TPSA) is 90.9 Å². The highest BCUT2D eigenvalue weighted by atomic mass is 35.5. The van der Waals surface area contributed by atoms with Gasteiger partial charge in [0.15, 0.2) is 11.2 Å². The van der Waals surface area contributed by atoms with Crippen molar-refractivity contribution in [2.24, 2.45) is 14.1 Å². The van der Waals surface area contributed by atoms with Gasteiger partial charge in [0.25, 0.3) is 5.56 Å². The van der Waals surface area contributed by atoms with Crippen LogP contribution in [0.2, 0.25) is 5.02 Å². The molecule has 3 aromatic rings. The first kappa shape index (κ1) is 16.0. The van der Waals surface area contributed by atoms with Gasteiger partial charge < -0.3 is 9.88 Å². The van der Waals surface area contributed by atoms with Crippen molar-refractivity contribution >= 4 is 34.4 Å². The molecule has 0 fully saturated rings. The quantitative estimate of drug-likeness (QED) is 0.756. The second-order valence-corrected chi connectivity index (χ2v) is 5.69. The predicted molar refractivity (Wildman–Crippen MR) is 90.3 cm³/mol. The number of hydrogen-bond donors (Lipinski definition) is 1. The number of amides is 1. The number of aromatic nitrogens is 4. The number of aryl methyl sites for hydroxylation is 1. The van der Waals surface area contributed by atoms with Crippen molar-refractivity contribution in [2.75, 3.05) is 5.32 Å². The van der Waals surface area contributed by atoms with Crippen molar-refractivity contribution in [3.8, 4) is 0 Å². The summed E-state index contributed by atoms with van der Waals surface area (Å²) in [7, 11) is 2.90. The number of halogens is 1. The van der Waals surface area contributed by atoms with Crippen molar-refractivity contribution in [3.05, 3.63) is 56.5 Å². The van der Waals surface area contributed by atoms with E-state index in [9.17, 15) is 14.4 Å². The number of anilines is 1. The van der Waals surface area contributed by atoms with Gasteiger partial charge in [-0.25, -0.2) is 9.78 Å². The summed E-state index contributed by atoms with van der Waals surface area (Å²) in [6, 6.07) is 6.84. The minimum absolute atomic E-state index is 0.130. The lowest BCUT2D eigenvalue weighted by Crippen LogP contribution is -2.37. The molecule has 0 radical (unpaired) electrons. The molecule has 8 nitrogen and oxygen atoms in total. The zero-order valence-electron chi connectivity index (χ0n) is 13.0. The van der Waals surface area contributed by atoms with E-state index in [2.05, 4.69) is 10.3 Å². The van der Waals surface area contributed by atoms with Crippen molar-refractivity contribution in [3.63, 3.8) is 0 Å². The molecule has 124 valence electrons. The summed E-state index contributed by atoms with van der Waals surface area (Å²) in [5.74, 6) is -0.363. The van der Waals surface area contributed by atoms with Crippen LogP contribution >= 0.6 is 11.6 Å². The Morgan fingerprint density at radius 1 is 1.21 bits per heavy atom. The maximum atomic E-state index is 12.3. The molecule has 0 saturated carbocycles. The molecule has 9 heteroatoms. The predicted octanol–water partition coefficient (Wildman–Crippen LogP) is 0.726. The lowest BCUT2D eigenvalue weighted by Gasteiger charge is -2.08. The first-order valence-corrected chi connectivity index (χ1v) is 7.43. The van der Waals surface area contributed by atoms with E-state index in [1.165, 1.54) is 29.6 Å². The van der Waals surface area contributed by atoms with Gasteiger partial charge in [0.05, 0.1) is 17.0 Å². The molecular weight excluding hydrogens is 334 g/mol. The third-order valence-electron chi connectivity index (χ3n) is 3.68. The summed E-state index contributed by atoms with van der Waals surface area (Å²) in [5.41, 5.74) is -0.0779. The first-order chi connectivity index (χ1) is 11.4. The molecule has 0 aliphatic carbocycles. The molecule has 24 heavy (non-hydrogen) atoms. The van der Waals surface area contributed by atoms with Crippen LogP contribution in [0, 0.1) is 0 Å². The fraction of sp³-hybridized carbons (Fsp3) is 0.200. The molecule has 1 N–H and O–H groups in total. The number of benzene rings is 1. The number of nitrogens with zero attached hydrogens (tertiary/aromatic N) is 4. The van der Waals surface area contributed by atoms with E-state index in [4.69, 9.17) is 11.6 Å². The molecule has 2 heterocycles. The van der Waals surface area contributed by atoms with Crippen molar-refractivity contribution in [1.82, 2.24) is 18.7 Å². The fourth-order valence-electron chi connectivity index (χ4n) is 2.42. The SMILES string of the molecule is Cn1c(=O)c2c(ncn2CC(=O)Nc2ccccc2Cl)n(C)c1=O. The zero-order valence-corrected chi connectivity index (χ0v) is 13.7. The number of carbonyl (C=O) groups is 1. The Morgan fingerprint density at radius 2 is 1.92 bits per heavy atom. The molecule has 3 rings (SSSR count). The van der Waals surface area contributed by atoms with Gasteiger partial charge in [0, 0.05) is 14.1 Å². The highest BCUT2D eigenvalue weighted by molar-refractivity contribution is 6.33. The van der Waals surface area contributed by atoms with Crippen LogP contribution in [-0.2, 0) is 25.4 Å². The van der Waals surface area contributed by atoms with Crippen molar-refractivity contribution in [1.29, 1.82) is 0 Å². The van der Waals surface area contributed by atoms with Gasteiger partial charge in [-0.2, -0.15) is 0 Å². The summed E-state index contributed by atoms with van der Waals surface area (Å²) in [5, 5.41) is 3.09. The van der Waals surface area contributed by atoms with Crippen LogP contribution in [0.25, 0.3) is 11.2 Å². The average molecular weight is 348 g/mol. The van der Waals surface area contributed by atoms with Crippen LogP contribution < -0.4 is 16.6 Å². The normalized spacial score (nSPS) is 11.0. The summed E-state index contributed by atoms with van der Waals surface area (Å²) in [6.07, 6.45) is 1.36. The van der Waals surface area contributed by atoms with Crippen molar-refractivity contribution < 1.29 is 4.79 Å². The van der Waals surface area contributed by atoms with E-state index >= 15 is 0 Å². The number of nitrogens with one attached hydrogen (secondary N) is 1. The van der Waals surface area contributed by atoms with E-state index < -0.39 is 11.2 Å². The number of rotatable bonds is 3. The maximum Gasteiger partial charge on any atom is 0.332 e. The van der Waals surface area contributed by atoms with Gasteiger partial charge in [-0.15, -0.1) is 0 Å². The Hall–Kier alpha value is -2.87. The molecule has 2 aromatic heterocycles. The van der Waals surface area contributed by atoms with Crippen LogP contribution in [0.1, 0.15) is 0 Å². The van der Waals surface area contributed by atoms with Gasteiger partial charge in [-0.05, 0) is 12.1 Å². The lowest BCUT2D eigenvalue weighted by atomic mass is 10.3. The fourth-order valence-corrected chi connectivity index (χ4v) is 2.61. The highest BCUT2D eigenvalue weighted by Gasteiger charge is 2.16. The molecule has 0 bridgehead atoms. The van der Waals surface area contributed by atoms with E-state index in [0.29, 0.717) is 10.7 Å². The lowest BCUT2D eigenvalue weighted by molar-refractivity contribution is -0.116. The molecule has 1 aromatic carbocycles. The number of imidazole rings is 1. The van der Waals surface area contributed by atoms with Gasteiger partial charge in [0.2, 0.25) is 5.91 Å². The van der Waals surface area contributed by atoms with Gasteiger partial charge in [-0.1, -0.05) is 23.7 Å². The van der Waals surface area contributed by atoms with Crippen LogP contribution in [-0.4, -0.2) is 24.6 Å². The minimum atomic E-state index is -0.504. The van der Waals surface area contributed by atoms with Crippen LogP contribution in [0.3, 0.4) is 0 Å². The smallest absolute Gasteiger partial charge is 0.323 e. The Bertz CT molecular complexity index is 1060. The minimum Gasteiger partial charge on any atom is -0.323 e. The third kappa shape index (κ3) is 2.61. The average Bonchev–Trinajstić information content (AvgIpc) is 2.96. The Kier molecular flexibility index (Phi) is 3.98. The molecule has 0 aliphatic heterocycles. The van der Waals surface area contributed by atoms with Gasteiger partial charge >= 0.3 is 5.69 Å². The Morgan fingerprint density at radius 3 is 2.62 bits per heavy atom. The molecule has 0 unspecified atom stereocenters. The van der Waals surface area contributed by atoms with Crippen LogP contribution in [0.5, 0.6) is 0 Å². The maximum absolute atomic E-state index is 12.3. The van der Waals surface area contributed by atoms with E-state index in [1.807, 2.05) is 0 Å². The van der Waals surface area contributed by atoms with Gasteiger partial charge in [0.1, 0.15) is 6.54 Å². The second kappa shape index (κ2) is 5.97. The number of hydrogen-bond acceptors (Lipinski definition) is 4. The summed E-state index contributed by atoms with van der Waals surface area (Å²) in [4.78, 5) is 40.5. The molecule has 1 amide bonds. The van der Waals surface area contributed by atoms with E-state index in [0.717, 1.165) is 4.57 Å². The first-order valence-electron chi connectivity index (χ1n) is 7.05. The number of carbonyl (C=O) groups excluding carboxylic acids is 1. The molecule has 0 saturated heterocycles. The molecule has 0 spiro atoms. The standard InChI is InChI=1S/C15H14ClN5O3/c1-19-13-12(14(23)20(2)15(19)24)21(8-17-13)7-11(22)18-10-6-4-3-5-9(10)16/h3-6,8H,7H2,1-2H3,(H,18,22). The Labute approximate surface area is 140 Å². The van der Waals surface area contributed by atoms with E-state index in [1.54, 1.807) is 24.3 Å². The van der Waals surface area contributed by atoms with Gasteiger partial charge in [-0.3, -0.25) is 18.7 Å². The van der Waals surface area contributed by atoms with Crippen LogP contribution in [0.4, 0.5) is 5.69 Å². The third-order valence-corrected chi connectivity index (χ3v) is 4.01. The summed E-state index contributed by atoms with van der Waals surface area (Å²) >= 11 is 6.00. The zero-order chi connectivity index (χ0) is 17.4. The second-order valence-electron chi connectivity index (χ2n) is 5.28. The Balaban J connectivity index is 1.97. The summed E-state index contributed by atoms with van der Waals surface area (Å²) < 4.78 is 3.65. The number of fused-ring (bicyclic) bond motifs is 1. The molecule has 0 aliphatic rings. The monoisotopic (exact) mass is 347 g/mol. The van der Waals surface area contributed by atoms with Crippen molar-refractivity contribution in [2.45, 2.75) is 6.54 Å². The summed E-state index contributed by atoms with van der Waals surface area (Å²) in [6.45, 7) is -0.130. The number of para-hydroxylation sites is 1.